The molecule has 27 heavy (non-hydrogen) atoms. The summed E-state index contributed by atoms with van der Waals surface area (Å²) in [6.07, 6.45) is 2.13. The minimum atomic E-state index is -0.594. The van der Waals surface area contributed by atoms with Gasteiger partial charge in [0, 0.05) is 24.9 Å². The lowest BCUT2D eigenvalue weighted by atomic mass is 9.98. The van der Waals surface area contributed by atoms with E-state index < -0.39 is 7.92 Å². The molecule has 0 unspecified atom stereocenters. The summed E-state index contributed by atoms with van der Waals surface area (Å²) in [5.74, 6) is 0.346. The van der Waals surface area contributed by atoms with Gasteiger partial charge in [0.05, 0.1) is 0 Å². The van der Waals surface area contributed by atoms with E-state index in [-0.39, 0.29) is 0 Å². The highest BCUT2D eigenvalue weighted by atomic mass is 31.1. The number of rotatable bonds is 5. The zero-order valence-corrected chi connectivity index (χ0v) is 16.7. The third kappa shape index (κ3) is 3.61. The molecule has 0 N–H and O–H groups in total. The molecule has 0 bridgehead atoms. The van der Waals surface area contributed by atoms with Crippen LogP contribution in [0.3, 0.4) is 0 Å². The molecule has 134 valence electrons. The molecule has 0 fully saturated rings. The van der Waals surface area contributed by atoms with Gasteiger partial charge in [-0.25, -0.2) is 0 Å². The zero-order chi connectivity index (χ0) is 18.6. The van der Waals surface area contributed by atoms with E-state index in [9.17, 15) is 0 Å². The summed E-state index contributed by atoms with van der Waals surface area (Å²) in [6, 6.07) is 35.2. The Morgan fingerprint density at radius 3 is 1.78 bits per heavy atom. The van der Waals surface area contributed by atoms with Crippen LogP contribution >= 0.6 is 7.92 Å². The molecule has 0 radical (unpaired) electrons. The van der Waals surface area contributed by atoms with Gasteiger partial charge in [0.15, 0.2) is 0 Å². The highest BCUT2D eigenvalue weighted by Crippen LogP contribution is 2.37. The first-order chi connectivity index (χ1) is 13.3. The SMILES string of the molecule is C[C@H](c1ccccc1P(c1ccccc1)c1ccccc1)c1cccn1C. The van der Waals surface area contributed by atoms with Crippen molar-refractivity contribution in [1.82, 2.24) is 4.57 Å². The molecular weight excluding hydrogens is 345 g/mol. The molecule has 1 heterocycles. The van der Waals surface area contributed by atoms with Crippen molar-refractivity contribution < 1.29 is 0 Å². The van der Waals surface area contributed by atoms with Gasteiger partial charge in [0.25, 0.3) is 0 Å². The molecule has 0 aliphatic heterocycles. The topological polar surface area (TPSA) is 4.93 Å². The summed E-state index contributed by atoms with van der Waals surface area (Å²) in [4.78, 5) is 0. The molecule has 1 nitrogen and oxygen atoms in total. The minimum absolute atomic E-state index is 0.346. The maximum atomic E-state index is 2.32. The molecule has 0 saturated carbocycles. The van der Waals surface area contributed by atoms with Crippen LogP contribution in [0.1, 0.15) is 24.1 Å². The van der Waals surface area contributed by atoms with E-state index in [1.807, 2.05) is 0 Å². The fourth-order valence-corrected chi connectivity index (χ4v) is 6.28. The van der Waals surface area contributed by atoms with Crippen LogP contribution in [-0.2, 0) is 7.05 Å². The van der Waals surface area contributed by atoms with Crippen LogP contribution in [0, 0.1) is 0 Å². The first-order valence-electron chi connectivity index (χ1n) is 9.36. The van der Waals surface area contributed by atoms with E-state index in [0.29, 0.717) is 5.92 Å². The molecule has 4 rings (SSSR count). The number of aromatic nitrogens is 1. The summed E-state index contributed by atoms with van der Waals surface area (Å²) < 4.78 is 2.23. The quantitative estimate of drug-likeness (QED) is 0.439. The standard InChI is InChI=1S/C25H24NP/c1-20(24-17-11-19-26(24)2)23-16-9-10-18-25(23)27(21-12-5-3-6-13-21)22-14-7-4-8-15-22/h3-20H,1-2H3/t20-/m1/s1. The van der Waals surface area contributed by atoms with Crippen LogP contribution in [-0.4, -0.2) is 4.57 Å². The largest absolute Gasteiger partial charge is 0.354 e. The molecule has 0 saturated heterocycles. The summed E-state index contributed by atoms with van der Waals surface area (Å²) >= 11 is 0. The van der Waals surface area contributed by atoms with E-state index in [4.69, 9.17) is 0 Å². The van der Waals surface area contributed by atoms with Gasteiger partial charge in [-0.2, -0.15) is 0 Å². The molecule has 0 spiro atoms. The van der Waals surface area contributed by atoms with Crippen LogP contribution in [0.25, 0.3) is 0 Å². The van der Waals surface area contributed by atoms with Crippen LogP contribution in [0.2, 0.25) is 0 Å². The predicted molar refractivity (Wildman–Crippen MR) is 118 cm³/mol. The smallest absolute Gasteiger partial charge is 0.0244 e. The molecule has 2 heteroatoms. The highest BCUT2D eigenvalue weighted by Gasteiger charge is 2.22. The number of nitrogens with zero attached hydrogens (tertiary/aromatic N) is 1. The third-order valence-electron chi connectivity index (χ3n) is 5.10. The van der Waals surface area contributed by atoms with Gasteiger partial charge in [-0.05, 0) is 41.5 Å². The summed E-state index contributed by atoms with van der Waals surface area (Å²) in [5.41, 5.74) is 2.76. The summed E-state index contributed by atoms with van der Waals surface area (Å²) in [6.45, 7) is 2.32. The van der Waals surface area contributed by atoms with Crippen molar-refractivity contribution in [2.75, 3.05) is 0 Å². The first-order valence-corrected chi connectivity index (χ1v) is 10.7. The molecule has 0 aliphatic rings. The van der Waals surface area contributed by atoms with Crippen LogP contribution in [0.5, 0.6) is 0 Å². The second kappa shape index (κ2) is 7.94. The molecule has 1 atom stereocenters. The van der Waals surface area contributed by atoms with Crippen molar-refractivity contribution in [3.8, 4) is 0 Å². The van der Waals surface area contributed by atoms with Gasteiger partial charge < -0.3 is 4.57 Å². The van der Waals surface area contributed by atoms with E-state index in [2.05, 4.69) is 122 Å². The van der Waals surface area contributed by atoms with Crippen molar-refractivity contribution in [1.29, 1.82) is 0 Å². The lowest BCUT2D eigenvalue weighted by Crippen LogP contribution is -2.24. The van der Waals surface area contributed by atoms with E-state index in [1.54, 1.807) is 0 Å². The second-order valence-electron chi connectivity index (χ2n) is 6.83. The Labute approximate surface area is 163 Å². The molecular formula is C25H24NP. The molecule has 3 aromatic carbocycles. The van der Waals surface area contributed by atoms with Crippen molar-refractivity contribution in [3.63, 3.8) is 0 Å². The lowest BCUT2D eigenvalue weighted by molar-refractivity contribution is 0.773. The average molecular weight is 369 g/mol. The van der Waals surface area contributed by atoms with Crippen LogP contribution < -0.4 is 15.9 Å². The fourth-order valence-electron chi connectivity index (χ4n) is 3.72. The van der Waals surface area contributed by atoms with Gasteiger partial charge in [-0.3, -0.25) is 0 Å². The number of aryl methyl sites for hydroxylation is 1. The fraction of sp³-hybridized carbons (Fsp3) is 0.120. The van der Waals surface area contributed by atoms with Crippen molar-refractivity contribution in [2.45, 2.75) is 12.8 Å². The van der Waals surface area contributed by atoms with Crippen LogP contribution in [0.15, 0.2) is 103 Å². The van der Waals surface area contributed by atoms with E-state index >= 15 is 0 Å². The average Bonchev–Trinajstić information content (AvgIpc) is 3.16. The minimum Gasteiger partial charge on any atom is -0.354 e. The molecule has 0 aliphatic carbocycles. The van der Waals surface area contributed by atoms with Crippen molar-refractivity contribution in [3.05, 3.63) is 115 Å². The Morgan fingerprint density at radius 2 is 1.22 bits per heavy atom. The van der Waals surface area contributed by atoms with Crippen LogP contribution in [0.4, 0.5) is 0 Å². The summed E-state index contributed by atoms with van der Waals surface area (Å²) in [5, 5.41) is 4.23. The third-order valence-corrected chi connectivity index (χ3v) is 7.62. The first kappa shape index (κ1) is 17.8. The van der Waals surface area contributed by atoms with Crippen molar-refractivity contribution in [2.24, 2.45) is 7.05 Å². The maximum Gasteiger partial charge on any atom is 0.0244 e. The number of hydrogen-bond donors (Lipinski definition) is 0. The normalized spacial score (nSPS) is 12.3. The predicted octanol–water partition coefficient (Wildman–Crippen LogP) is 4.94. The Hall–Kier alpha value is -2.63. The Kier molecular flexibility index (Phi) is 5.23. The summed E-state index contributed by atoms with van der Waals surface area (Å²) in [7, 11) is 1.54. The van der Waals surface area contributed by atoms with Gasteiger partial charge in [0.1, 0.15) is 0 Å². The molecule has 0 amide bonds. The number of hydrogen-bond acceptors (Lipinski definition) is 0. The zero-order valence-electron chi connectivity index (χ0n) is 15.8. The van der Waals surface area contributed by atoms with Gasteiger partial charge in [-0.1, -0.05) is 91.9 Å². The van der Waals surface area contributed by atoms with Gasteiger partial charge >= 0.3 is 0 Å². The maximum absolute atomic E-state index is 2.32. The molecule has 4 aromatic rings. The van der Waals surface area contributed by atoms with Crippen molar-refractivity contribution >= 4 is 23.8 Å². The second-order valence-corrected chi connectivity index (χ2v) is 9.02. The number of benzene rings is 3. The van der Waals surface area contributed by atoms with Gasteiger partial charge in [-0.15, -0.1) is 0 Å². The lowest BCUT2D eigenvalue weighted by Gasteiger charge is -2.25. The Morgan fingerprint density at radius 1 is 0.667 bits per heavy atom. The highest BCUT2D eigenvalue weighted by molar-refractivity contribution is 7.79. The Bertz CT molecular complexity index is 965. The monoisotopic (exact) mass is 369 g/mol. The van der Waals surface area contributed by atoms with Gasteiger partial charge in [0.2, 0.25) is 0 Å². The van der Waals surface area contributed by atoms with E-state index in [1.165, 1.54) is 27.2 Å². The Balaban J connectivity index is 1.88. The van der Waals surface area contributed by atoms with E-state index in [0.717, 1.165) is 0 Å². The molecule has 1 aromatic heterocycles.